The van der Waals surface area contributed by atoms with Crippen LogP contribution in [0.25, 0.3) is 11.6 Å². The first kappa shape index (κ1) is 19.1. The molecule has 0 saturated heterocycles. The van der Waals surface area contributed by atoms with Crippen LogP contribution in [-0.2, 0) is 0 Å². The smallest absolute Gasteiger partial charge is 0.395 e. The number of halogens is 2. The largest absolute Gasteiger partial charge is 0.586 e. The molecule has 1 saturated carbocycles. The summed E-state index contributed by atoms with van der Waals surface area (Å²) in [7, 11) is 0. The van der Waals surface area contributed by atoms with E-state index in [2.05, 4.69) is 34.7 Å². The summed E-state index contributed by atoms with van der Waals surface area (Å²) < 4.78 is 35.6. The topological polar surface area (TPSA) is 119 Å². The van der Waals surface area contributed by atoms with Crippen LogP contribution in [0.3, 0.4) is 0 Å². The molecular weight excluding hydrogens is 412 g/mol. The van der Waals surface area contributed by atoms with E-state index in [4.69, 9.17) is 0 Å². The Labute approximate surface area is 173 Å². The summed E-state index contributed by atoms with van der Waals surface area (Å²) in [6, 6.07) is 6.62. The van der Waals surface area contributed by atoms with E-state index < -0.39 is 23.8 Å². The Morgan fingerprint density at radius 2 is 1.90 bits per heavy atom. The Kier molecular flexibility index (Phi) is 4.38. The van der Waals surface area contributed by atoms with Crippen LogP contribution in [0.5, 0.6) is 11.5 Å². The molecule has 158 valence electrons. The Bertz CT molecular complexity index is 1210. The second-order valence-electron chi connectivity index (χ2n) is 7.21. The number of hydrogen-bond acceptors (Lipinski definition) is 7. The van der Waals surface area contributed by atoms with Gasteiger partial charge < -0.3 is 19.8 Å². The third-order valence-corrected chi connectivity index (χ3v) is 4.92. The molecule has 31 heavy (non-hydrogen) atoms. The lowest BCUT2D eigenvalue weighted by Crippen LogP contribution is -2.31. The zero-order valence-electron chi connectivity index (χ0n) is 15.8. The van der Waals surface area contributed by atoms with Crippen LogP contribution < -0.4 is 20.3 Å². The van der Waals surface area contributed by atoms with Crippen molar-refractivity contribution in [2.45, 2.75) is 25.2 Å². The first-order valence-electron chi connectivity index (χ1n) is 9.47. The summed E-state index contributed by atoms with van der Waals surface area (Å²) in [4.78, 5) is 39.6. The number of hydrogen-bond donors (Lipinski definition) is 2. The molecule has 0 radical (unpaired) electrons. The van der Waals surface area contributed by atoms with E-state index in [0.29, 0.717) is 5.56 Å². The third kappa shape index (κ3) is 3.93. The fraction of sp³-hybridized carbons (Fsp3) is 0.250. The van der Waals surface area contributed by atoms with Crippen LogP contribution >= 0.6 is 0 Å². The summed E-state index contributed by atoms with van der Waals surface area (Å²) >= 11 is 0. The van der Waals surface area contributed by atoms with Gasteiger partial charge in [0.25, 0.3) is 11.5 Å². The molecule has 1 amide bonds. The normalized spacial score (nSPS) is 17.2. The minimum atomic E-state index is -3.72. The molecule has 3 aromatic rings. The molecule has 2 aliphatic rings. The summed E-state index contributed by atoms with van der Waals surface area (Å²) in [6.45, 7) is 0. The lowest BCUT2D eigenvalue weighted by atomic mass is 10.0. The second kappa shape index (κ2) is 7.11. The lowest BCUT2D eigenvalue weighted by molar-refractivity contribution is -0.286. The molecule has 11 heteroatoms. The number of nitrogens with zero attached hydrogens (tertiary/aromatic N) is 3. The number of aromatic amines is 1. The van der Waals surface area contributed by atoms with Crippen molar-refractivity contribution in [3.05, 3.63) is 64.3 Å². The van der Waals surface area contributed by atoms with E-state index in [1.165, 1.54) is 24.5 Å². The number of aromatic nitrogens is 4. The fourth-order valence-corrected chi connectivity index (χ4v) is 3.38. The lowest BCUT2D eigenvalue weighted by Gasteiger charge is -2.19. The number of nitrogens with one attached hydrogen (secondary N) is 2. The van der Waals surface area contributed by atoms with Crippen molar-refractivity contribution < 1.29 is 23.0 Å². The van der Waals surface area contributed by atoms with E-state index >= 15 is 0 Å². The van der Waals surface area contributed by atoms with Crippen molar-refractivity contribution in [1.29, 1.82) is 0 Å². The minimum Gasteiger partial charge on any atom is -0.395 e. The molecular formula is C20H15F2N5O4. The molecule has 3 heterocycles. The number of rotatable bonds is 5. The maximum absolute atomic E-state index is 13.3. The predicted molar refractivity (Wildman–Crippen MR) is 101 cm³/mol. The van der Waals surface area contributed by atoms with E-state index in [9.17, 15) is 18.4 Å². The van der Waals surface area contributed by atoms with Crippen LogP contribution in [0.4, 0.5) is 8.78 Å². The number of benzene rings is 1. The minimum absolute atomic E-state index is 0.0616. The van der Waals surface area contributed by atoms with Crippen LogP contribution in [0.15, 0.2) is 47.5 Å². The van der Waals surface area contributed by atoms with Crippen LogP contribution in [0, 0.1) is 5.92 Å². The van der Waals surface area contributed by atoms with Gasteiger partial charge >= 0.3 is 6.29 Å². The highest BCUT2D eigenvalue weighted by Crippen LogP contribution is 2.46. The Morgan fingerprint density at radius 3 is 2.65 bits per heavy atom. The van der Waals surface area contributed by atoms with Crippen LogP contribution in [0.2, 0.25) is 0 Å². The summed E-state index contributed by atoms with van der Waals surface area (Å²) in [5.41, 5.74) is -0.0487. The van der Waals surface area contributed by atoms with Crippen molar-refractivity contribution >= 4 is 5.91 Å². The van der Waals surface area contributed by atoms with E-state index in [0.717, 1.165) is 18.9 Å². The molecule has 0 bridgehead atoms. The van der Waals surface area contributed by atoms with Gasteiger partial charge in [0.15, 0.2) is 23.1 Å². The van der Waals surface area contributed by atoms with Crippen LogP contribution in [-0.4, -0.2) is 32.1 Å². The van der Waals surface area contributed by atoms with Gasteiger partial charge in [-0.3, -0.25) is 9.59 Å². The Morgan fingerprint density at radius 1 is 1.16 bits per heavy atom. The molecule has 2 N–H and O–H groups in total. The van der Waals surface area contributed by atoms with Crippen molar-refractivity contribution in [2.75, 3.05) is 0 Å². The fourth-order valence-electron chi connectivity index (χ4n) is 3.38. The first-order valence-corrected chi connectivity index (χ1v) is 9.47. The molecule has 0 spiro atoms. The van der Waals surface area contributed by atoms with Gasteiger partial charge in [-0.2, -0.15) is 0 Å². The molecule has 9 nitrogen and oxygen atoms in total. The van der Waals surface area contributed by atoms with Gasteiger partial charge in [-0.25, -0.2) is 15.0 Å². The zero-order chi connectivity index (χ0) is 21.6. The average Bonchev–Trinajstić information content (AvgIpc) is 3.53. The number of carbonyl (C=O) groups is 1. The quantitative estimate of drug-likeness (QED) is 0.642. The number of amides is 1. The van der Waals surface area contributed by atoms with Gasteiger partial charge in [-0.05, 0) is 42.5 Å². The van der Waals surface area contributed by atoms with Gasteiger partial charge in [-0.15, -0.1) is 8.78 Å². The van der Waals surface area contributed by atoms with Gasteiger partial charge in [0.05, 0.1) is 6.04 Å². The molecule has 1 fully saturated rings. The van der Waals surface area contributed by atoms with Crippen LogP contribution in [0.1, 0.15) is 34.9 Å². The van der Waals surface area contributed by atoms with Gasteiger partial charge in [0.1, 0.15) is 5.69 Å². The van der Waals surface area contributed by atoms with Crippen molar-refractivity contribution in [3.63, 3.8) is 0 Å². The number of carbonyl (C=O) groups excluding carboxylic acids is 1. The number of H-pyrrole nitrogens is 1. The standard InChI is InChI=1S/C20H15F2N5O4/c21-20(22)30-13-5-4-11(8-14(13)31-20)16(10-2-3-10)27-19(29)12-9-15(28)26-18(25-12)17-23-6-1-7-24-17/h1,4-10,16H,2-3H2,(H,27,29)(H,25,26,28)/t16-/m1/s1. The second-order valence-corrected chi connectivity index (χ2v) is 7.21. The Balaban J connectivity index is 1.42. The molecule has 5 rings (SSSR count). The first-order chi connectivity index (χ1) is 14.9. The molecule has 1 aromatic carbocycles. The highest BCUT2D eigenvalue weighted by atomic mass is 19.3. The maximum Gasteiger partial charge on any atom is 0.586 e. The molecule has 0 unspecified atom stereocenters. The number of alkyl halides is 2. The molecule has 1 atom stereocenters. The maximum atomic E-state index is 13.3. The van der Waals surface area contributed by atoms with Crippen molar-refractivity contribution in [2.24, 2.45) is 5.92 Å². The number of ether oxygens (including phenoxy) is 2. The van der Waals surface area contributed by atoms with E-state index in [1.807, 2.05) is 0 Å². The predicted octanol–water partition coefficient (Wildman–Crippen LogP) is 2.43. The number of fused-ring (bicyclic) bond motifs is 1. The molecule has 2 aromatic heterocycles. The van der Waals surface area contributed by atoms with Crippen molar-refractivity contribution in [3.8, 4) is 23.1 Å². The van der Waals surface area contributed by atoms with E-state index in [-0.39, 0.29) is 34.8 Å². The molecule has 1 aliphatic carbocycles. The summed E-state index contributed by atoms with van der Waals surface area (Å²) in [5.74, 6) is -0.387. The van der Waals surface area contributed by atoms with Gasteiger partial charge in [-0.1, -0.05) is 6.07 Å². The van der Waals surface area contributed by atoms with Gasteiger partial charge in [0, 0.05) is 18.5 Å². The highest BCUT2D eigenvalue weighted by molar-refractivity contribution is 5.92. The highest BCUT2D eigenvalue weighted by Gasteiger charge is 2.44. The zero-order valence-corrected chi connectivity index (χ0v) is 15.8. The SMILES string of the molecule is O=C(N[C@@H](c1ccc2c(c1)OC(F)(F)O2)C1CC1)c1cc(=O)[nH]c(-c2ncccn2)n1. The van der Waals surface area contributed by atoms with Crippen molar-refractivity contribution in [1.82, 2.24) is 25.3 Å². The summed E-state index contributed by atoms with van der Waals surface area (Å²) in [5, 5.41) is 2.85. The summed E-state index contributed by atoms with van der Waals surface area (Å²) in [6.07, 6.45) is 0.982. The van der Waals surface area contributed by atoms with Gasteiger partial charge in [0.2, 0.25) is 0 Å². The molecule has 1 aliphatic heterocycles. The monoisotopic (exact) mass is 427 g/mol. The Hall–Kier alpha value is -3.89. The average molecular weight is 427 g/mol. The third-order valence-electron chi connectivity index (χ3n) is 4.92. The van der Waals surface area contributed by atoms with E-state index in [1.54, 1.807) is 12.1 Å².